The van der Waals surface area contributed by atoms with Crippen molar-refractivity contribution in [2.45, 2.75) is 29.4 Å². The van der Waals surface area contributed by atoms with Gasteiger partial charge in [0.05, 0.1) is 27.4 Å². The molecular weight excluding hydrogens is 570 g/mol. The van der Waals surface area contributed by atoms with Gasteiger partial charge in [-0.05, 0) is 59.2 Å². The predicted molar refractivity (Wildman–Crippen MR) is 153 cm³/mol. The minimum Gasteiger partial charge on any atom is -0.434 e. The average Bonchev–Trinajstić information content (AvgIpc) is 3.24. The topological polar surface area (TPSA) is 95.3 Å². The molecule has 1 aromatic heterocycles. The summed E-state index contributed by atoms with van der Waals surface area (Å²) < 4.78 is 80.5. The standard InChI is InChI=1S/C30H26F2N2O5S2/c1-40(35,36)24-12-7-20(8-13-24)17-29-33-26-16-11-22(21-9-14-25(15-10-21)41(2,37)38)18-27(26)34(29)19-23-5-3-4-6-28(23)39-30(31)32/h3-16,18,30H,17,19H2,1-2H3. The highest BCUT2D eigenvalue weighted by Gasteiger charge is 2.17. The summed E-state index contributed by atoms with van der Waals surface area (Å²) in [5.41, 5.74) is 4.39. The lowest BCUT2D eigenvalue weighted by Crippen LogP contribution is -2.10. The fourth-order valence-electron chi connectivity index (χ4n) is 4.61. The highest BCUT2D eigenvalue weighted by molar-refractivity contribution is 7.91. The molecule has 0 aliphatic heterocycles. The van der Waals surface area contributed by atoms with Gasteiger partial charge in [0, 0.05) is 24.5 Å². The molecule has 5 rings (SSSR count). The van der Waals surface area contributed by atoms with E-state index in [0.717, 1.165) is 34.7 Å². The van der Waals surface area contributed by atoms with Crippen LogP contribution in [0.15, 0.2) is 101 Å². The zero-order valence-electron chi connectivity index (χ0n) is 22.2. The van der Waals surface area contributed by atoms with Gasteiger partial charge in [-0.15, -0.1) is 0 Å². The van der Waals surface area contributed by atoms with Crippen LogP contribution in [0, 0.1) is 0 Å². The molecule has 0 aliphatic rings. The van der Waals surface area contributed by atoms with Crippen LogP contribution in [-0.4, -0.2) is 45.5 Å². The number of benzene rings is 4. The zero-order valence-corrected chi connectivity index (χ0v) is 23.8. The Morgan fingerprint density at radius 2 is 1.37 bits per heavy atom. The van der Waals surface area contributed by atoms with E-state index in [4.69, 9.17) is 9.72 Å². The second kappa shape index (κ2) is 11.1. The fraction of sp³-hybridized carbons (Fsp3) is 0.167. The van der Waals surface area contributed by atoms with E-state index in [1.54, 1.807) is 66.7 Å². The lowest BCUT2D eigenvalue weighted by Gasteiger charge is -2.14. The van der Waals surface area contributed by atoms with E-state index in [-0.39, 0.29) is 22.1 Å². The molecule has 0 amide bonds. The SMILES string of the molecule is CS(=O)(=O)c1ccc(Cc2nc3ccc(-c4ccc(S(C)(=O)=O)cc4)cc3n2Cc2ccccc2OC(F)F)cc1. The Morgan fingerprint density at radius 3 is 1.98 bits per heavy atom. The fourth-order valence-corrected chi connectivity index (χ4v) is 5.87. The number of rotatable bonds is 9. The highest BCUT2D eigenvalue weighted by atomic mass is 32.2. The van der Waals surface area contributed by atoms with Crippen molar-refractivity contribution in [2.24, 2.45) is 0 Å². The molecule has 1 heterocycles. The van der Waals surface area contributed by atoms with Crippen molar-refractivity contribution in [1.82, 2.24) is 9.55 Å². The Morgan fingerprint density at radius 1 is 0.780 bits per heavy atom. The summed E-state index contributed by atoms with van der Waals surface area (Å²) in [5.74, 6) is 0.698. The first-order chi connectivity index (χ1) is 19.4. The summed E-state index contributed by atoms with van der Waals surface area (Å²) in [5, 5.41) is 0. The van der Waals surface area contributed by atoms with Crippen LogP contribution >= 0.6 is 0 Å². The molecule has 0 saturated heterocycles. The normalized spacial score (nSPS) is 12.2. The monoisotopic (exact) mass is 596 g/mol. The highest BCUT2D eigenvalue weighted by Crippen LogP contribution is 2.30. The van der Waals surface area contributed by atoms with Gasteiger partial charge in [-0.3, -0.25) is 0 Å². The van der Waals surface area contributed by atoms with E-state index in [1.807, 2.05) is 22.8 Å². The van der Waals surface area contributed by atoms with Gasteiger partial charge in [-0.1, -0.05) is 48.5 Å². The van der Waals surface area contributed by atoms with Crippen LogP contribution < -0.4 is 4.74 Å². The molecule has 11 heteroatoms. The molecule has 5 aromatic rings. The summed E-state index contributed by atoms with van der Waals surface area (Å²) in [6.07, 6.45) is 2.65. The van der Waals surface area contributed by atoms with Gasteiger partial charge < -0.3 is 9.30 Å². The van der Waals surface area contributed by atoms with E-state index in [9.17, 15) is 25.6 Å². The van der Waals surface area contributed by atoms with Crippen molar-refractivity contribution in [3.05, 3.63) is 108 Å². The molecule has 0 aliphatic carbocycles. The van der Waals surface area contributed by atoms with Gasteiger partial charge >= 0.3 is 6.61 Å². The smallest absolute Gasteiger partial charge is 0.387 e. The Bertz CT molecular complexity index is 1940. The third kappa shape index (κ3) is 6.47. The minimum absolute atomic E-state index is 0.0559. The number of halogens is 2. The van der Waals surface area contributed by atoms with Crippen LogP contribution in [0.25, 0.3) is 22.2 Å². The third-order valence-electron chi connectivity index (χ3n) is 6.67. The molecule has 0 fully saturated rings. The molecule has 4 aromatic carbocycles. The number of sulfone groups is 2. The van der Waals surface area contributed by atoms with Crippen LogP contribution in [0.4, 0.5) is 8.78 Å². The number of aromatic nitrogens is 2. The number of hydrogen-bond donors (Lipinski definition) is 0. The zero-order chi connectivity index (χ0) is 29.4. The number of para-hydroxylation sites is 1. The van der Waals surface area contributed by atoms with Gasteiger partial charge in [-0.2, -0.15) is 8.78 Å². The molecule has 0 atom stereocenters. The van der Waals surface area contributed by atoms with Crippen LogP contribution in [0.5, 0.6) is 5.75 Å². The Kier molecular flexibility index (Phi) is 7.67. The lowest BCUT2D eigenvalue weighted by molar-refractivity contribution is -0.0504. The van der Waals surface area contributed by atoms with Gasteiger partial charge in [0.2, 0.25) is 0 Å². The quantitative estimate of drug-likeness (QED) is 0.215. The molecule has 0 radical (unpaired) electrons. The van der Waals surface area contributed by atoms with Gasteiger partial charge in [0.25, 0.3) is 0 Å². The Labute approximate surface area is 236 Å². The van der Waals surface area contributed by atoms with E-state index in [2.05, 4.69) is 0 Å². The Balaban J connectivity index is 1.60. The number of imidazole rings is 1. The largest absolute Gasteiger partial charge is 0.434 e. The molecule has 0 N–H and O–H groups in total. The minimum atomic E-state index is -3.35. The number of hydrogen-bond acceptors (Lipinski definition) is 6. The van der Waals surface area contributed by atoms with Crippen LogP contribution in [0.2, 0.25) is 0 Å². The van der Waals surface area contributed by atoms with Crippen LogP contribution in [0.3, 0.4) is 0 Å². The maximum absolute atomic E-state index is 13.1. The van der Waals surface area contributed by atoms with Gasteiger partial charge in [0.1, 0.15) is 11.6 Å². The maximum Gasteiger partial charge on any atom is 0.387 e. The molecule has 41 heavy (non-hydrogen) atoms. The summed E-state index contributed by atoms with van der Waals surface area (Å²) in [6.45, 7) is -2.79. The van der Waals surface area contributed by atoms with E-state index in [0.29, 0.717) is 23.3 Å². The molecular formula is C30H26F2N2O5S2. The van der Waals surface area contributed by atoms with Crippen molar-refractivity contribution < 1.29 is 30.4 Å². The molecule has 7 nitrogen and oxygen atoms in total. The summed E-state index contributed by atoms with van der Waals surface area (Å²) in [6, 6.07) is 25.3. The van der Waals surface area contributed by atoms with E-state index < -0.39 is 26.3 Å². The first-order valence-corrected chi connectivity index (χ1v) is 16.3. The lowest BCUT2D eigenvalue weighted by atomic mass is 10.1. The maximum atomic E-state index is 13.1. The van der Waals surface area contributed by atoms with Crippen molar-refractivity contribution in [1.29, 1.82) is 0 Å². The number of fused-ring (bicyclic) bond motifs is 1. The van der Waals surface area contributed by atoms with E-state index in [1.165, 1.54) is 6.07 Å². The molecule has 0 spiro atoms. The second-order valence-electron chi connectivity index (χ2n) is 9.69. The molecule has 0 saturated carbocycles. The number of alkyl halides is 2. The number of ether oxygens (including phenoxy) is 1. The van der Waals surface area contributed by atoms with Gasteiger partial charge in [-0.25, -0.2) is 21.8 Å². The molecule has 212 valence electrons. The van der Waals surface area contributed by atoms with Crippen molar-refractivity contribution in [3.8, 4) is 16.9 Å². The van der Waals surface area contributed by atoms with Crippen molar-refractivity contribution in [3.63, 3.8) is 0 Å². The summed E-state index contributed by atoms with van der Waals surface area (Å²) >= 11 is 0. The summed E-state index contributed by atoms with van der Waals surface area (Å²) in [7, 11) is -6.69. The first-order valence-electron chi connectivity index (χ1n) is 12.5. The van der Waals surface area contributed by atoms with Crippen LogP contribution in [-0.2, 0) is 32.6 Å². The molecule has 0 unspecified atom stereocenters. The van der Waals surface area contributed by atoms with Gasteiger partial charge in [0.15, 0.2) is 19.7 Å². The molecule has 0 bridgehead atoms. The summed E-state index contributed by atoms with van der Waals surface area (Å²) in [4.78, 5) is 5.25. The van der Waals surface area contributed by atoms with Crippen molar-refractivity contribution in [2.75, 3.05) is 12.5 Å². The number of nitrogens with zero attached hydrogens (tertiary/aromatic N) is 2. The first kappa shape index (κ1) is 28.4. The second-order valence-corrected chi connectivity index (χ2v) is 13.7. The van der Waals surface area contributed by atoms with Crippen LogP contribution in [0.1, 0.15) is 17.0 Å². The predicted octanol–water partition coefficient (Wildman–Crippen LogP) is 5.75. The van der Waals surface area contributed by atoms with Crippen molar-refractivity contribution >= 4 is 30.7 Å². The Hall–Kier alpha value is -4.09. The average molecular weight is 597 g/mol. The third-order valence-corrected chi connectivity index (χ3v) is 8.93. The van der Waals surface area contributed by atoms with E-state index >= 15 is 0 Å².